The van der Waals surface area contributed by atoms with Gasteiger partial charge in [0.15, 0.2) is 23.0 Å². The van der Waals surface area contributed by atoms with E-state index in [9.17, 15) is 14.7 Å². The van der Waals surface area contributed by atoms with Crippen LogP contribution in [0.15, 0.2) is 53.8 Å². The molecule has 2 heterocycles. The second kappa shape index (κ2) is 7.44. The van der Waals surface area contributed by atoms with Gasteiger partial charge >= 0.3 is 0 Å². The first-order valence-electron chi connectivity index (χ1n) is 9.32. The topological polar surface area (TPSA) is 76.1 Å². The van der Waals surface area contributed by atoms with Crippen molar-refractivity contribution >= 4 is 29.0 Å². The normalized spacial score (nSPS) is 18.1. The Hall–Kier alpha value is -2.99. The summed E-state index contributed by atoms with van der Waals surface area (Å²) in [6.07, 6.45) is 0.228. The van der Waals surface area contributed by atoms with Crippen LogP contribution in [0.3, 0.4) is 0 Å². The molecule has 0 fully saturated rings. The number of benzene rings is 2. The van der Waals surface area contributed by atoms with Gasteiger partial charge in [0.1, 0.15) is 0 Å². The Morgan fingerprint density at radius 2 is 1.86 bits per heavy atom. The van der Waals surface area contributed by atoms with Gasteiger partial charge in [-0.1, -0.05) is 37.6 Å². The Balaban J connectivity index is 1.82. The summed E-state index contributed by atoms with van der Waals surface area (Å²) in [5.41, 5.74) is 1.28. The molecular weight excluding hydrogens is 394 g/mol. The molecule has 29 heavy (non-hydrogen) atoms. The van der Waals surface area contributed by atoms with Gasteiger partial charge in [0.2, 0.25) is 6.79 Å². The average Bonchev–Trinajstić information content (AvgIpc) is 3.24. The Bertz CT molecular complexity index is 1010. The fraction of sp³-hybridized carbons (Fsp3) is 0.273. The molecule has 6 nitrogen and oxygen atoms in total. The molecule has 150 valence electrons. The van der Waals surface area contributed by atoms with Gasteiger partial charge in [0.25, 0.3) is 5.91 Å². The predicted molar refractivity (Wildman–Crippen MR) is 108 cm³/mol. The molecule has 7 heteroatoms. The van der Waals surface area contributed by atoms with Crippen molar-refractivity contribution in [1.29, 1.82) is 0 Å². The van der Waals surface area contributed by atoms with Crippen molar-refractivity contribution in [3.63, 3.8) is 0 Å². The molecule has 0 aliphatic carbocycles. The number of carbonyl (C=O) groups excluding carboxylic acids is 2. The molecule has 1 N–H and O–H groups in total. The summed E-state index contributed by atoms with van der Waals surface area (Å²) in [5, 5.41) is 11.2. The van der Waals surface area contributed by atoms with Crippen LogP contribution in [0.1, 0.15) is 31.9 Å². The summed E-state index contributed by atoms with van der Waals surface area (Å²) in [4.78, 5) is 27.4. The van der Waals surface area contributed by atoms with E-state index in [-0.39, 0.29) is 30.5 Å². The first-order chi connectivity index (χ1) is 13.9. The number of fused-ring (bicyclic) bond motifs is 1. The summed E-state index contributed by atoms with van der Waals surface area (Å²) in [5.74, 6) is -0.232. The van der Waals surface area contributed by atoms with E-state index < -0.39 is 17.7 Å². The first-order valence-corrected chi connectivity index (χ1v) is 9.69. The number of hydrogen-bond donors (Lipinski definition) is 1. The molecule has 0 saturated heterocycles. The Labute approximate surface area is 173 Å². The largest absolute Gasteiger partial charge is 0.503 e. The monoisotopic (exact) mass is 413 g/mol. The van der Waals surface area contributed by atoms with Crippen LogP contribution in [0.2, 0.25) is 5.02 Å². The van der Waals surface area contributed by atoms with Crippen molar-refractivity contribution in [1.82, 2.24) is 0 Å². The van der Waals surface area contributed by atoms with Crippen LogP contribution in [0.25, 0.3) is 0 Å². The van der Waals surface area contributed by atoms with Crippen molar-refractivity contribution in [3.05, 3.63) is 64.4 Å². The molecule has 0 spiro atoms. The summed E-state index contributed by atoms with van der Waals surface area (Å²) in [7, 11) is 0. The molecule has 2 aliphatic heterocycles. The third-order valence-electron chi connectivity index (χ3n) is 4.92. The maximum atomic E-state index is 13.0. The highest BCUT2D eigenvalue weighted by molar-refractivity contribution is 6.30. The van der Waals surface area contributed by atoms with Crippen LogP contribution in [-0.4, -0.2) is 23.6 Å². The van der Waals surface area contributed by atoms with Crippen molar-refractivity contribution in [2.24, 2.45) is 5.92 Å². The number of hydrogen-bond acceptors (Lipinski definition) is 5. The number of carbonyl (C=O) groups is 2. The van der Waals surface area contributed by atoms with Gasteiger partial charge in [-0.3, -0.25) is 14.5 Å². The second-order valence-corrected chi connectivity index (χ2v) is 7.89. The lowest BCUT2D eigenvalue weighted by Crippen LogP contribution is -2.31. The van der Waals surface area contributed by atoms with Crippen LogP contribution in [0.4, 0.5) is 5.69 Å². The fourth-order valence-electron chi connectivity index (χ4n) is 3.63. The molecule has 2 aromatic rings. The smallest absolute Gasteiger partial charge is 0.294 e. The number of anilines is 1. The lowest BCUT2D eigenvalue weighted by Gasteiger charge is -2.27. The zero-order chi connectivity index (χ0) is 20.7. The number of aliphatic hydroxyl groups is 1. The highest BCUT2D eigenvalue weighted by atomic mass is 35.5. The van der Waals surface area contributed by atoms with E-state index in [2.05, 4.69) is 0 Å². The summed E-state index contributed by atoms with van der Waals surface area (Å²) in [6.45, 7) is 3.94. The molecule has 2 aliphatic rings. The van der Waals surface area contributed by atoms with Gasteiger partial charge in [-0.2, -0.15) is 0 Å². The van der Waals surface area contributed by atoms with Crippen molar-refractivity contribution in [2.45, 2.75) is 26.3 Å². The molecule has 1 atom stereocenters. The highest BCUT2D eigenvalue weighted by Crippen LogP contribution is 2.44. The minimum atomic E-state index is -0.758. The number of aliphatic hydroxyl groups excluding tert-OH is 1. The summed E-state index contributed by atoms with van der Waals surface area (Å²) in [6, 6.07) is 11.2. The SMILES string of the molecule is CC(C)CC(=O)C1=C(O)C(=O)N(c2ccc3c(c2)OCO3)C1c1ccc(Cl)cc1. The van der Waals surface area contributed by atoms with Crippen LogP contribution < -0.4 is 14.4 Å². The minimum absolute atomic E-state index is 0.0864. The number of amides is 1. The Morgan fingerprint density at radius 1 is 1.17 bits per heavy atom. The molecule has 1 unspecified atom stereocenters. The maximum Gasteiger partial charge on any atom is 0.294 e. The average molecular weight is 414 g/mol. The molecule has 0 aromatic heterocycles. The van der Waals surface area contributed by atoms with E-state index in [0.717, 1.165) is 0 Å². The number of nitrogens with zero attached hydrogens (tertiary/aromatic N) is 1. The van der Waals surface area contributed by atoms with Crippen molar-refractivity contribution < 1.29 is 24.2 Å². The van der Waals surface area contributed by atoms with Gasteiger partial charge in [-0.05, 0) is 35.7 Å². The predicted octanol–water partition coefficient (Wildman–Crippen LogP) is 4.58. The first kappa shape index (κ1) is 19.3. The van der Waals surface area contributed by atoms with E-state index in [0.29, 0.717) is 27.8 Å². The molecule has 4 rings (SSSR count). The quantitative estimate of drug-likeness (QED) is 0.776. The van der Waals surface area contributed by atoms with Gasteiger partial charge < -0.3 is 14.6 Å². The number of rotatable bonds is 5. The van der Waals surface area contributed by atoms with Crippen molar-refractivity contribution in [2.75, 3.05) is 11.7 Å². The van der Waals surface area contributed by atoms with E-state index >= 15 is 0 Å². The third kappa shape index (κ3) is 3.44. The minimum Gasteiger partial charge on any atom is -0.503 e. The van der Waals surface area contributed by atoms with E-state index in [4.69, 9.17) is 21.1 Å². The number of ether oxygens (including phenoxy) is 2. The molecule has 0 radical (unpaired) electrons. The van der Waals surface area contributed by atoms with E-state index in [1.54, 1.807) is 42.5 Å². The van der Waals surface area contributed by atoms with Gasteiger partial charge in [-0.25, -0.2) is 0 Å². The maximum absolute atomic E-state index is 13.0. The molecule has 1 amide bonds. The zero-order valence-corrected chi connectivity index (χ0v) is 16.8. The number of Topliss-reactive ketones (excluding diaryl/α,β-unsaturated/α-hetero) is 1. The summed E-state index contributed by atoms with van der Waals surface area (Å²) >= 11 is 6.02. The number of halogens is 1. The Morgan fingerprint density at radius 3 is 2.55 bits per heavy atom. The van der Waals surface area contributed by atoms with Crippen LogP contribution in [-0.2, 0) is 9.59 Å². The standard InChI is InChI=1S/C22H20ClNO5/c1-12(2)9-16(25)19-20(13-3-5-14(23)6-4-13)24(22(27)21(19)26)15-7-8-17-18(10-15)29-11-28-17/h3-8,10,12,20,26H,9,11H2,1-2H3. The molecular formula is C22H20ClNO5. The zero-order valence-electron chi connectivity index (χ0n) is 16.0. The lowest BCUT2D eigenvalue weighted by molar-refractivity contribution is -0.118. The van der Waals surface area contributed by atoms with Crippen molar-refractivity contribution in [3.8, 4) is 11.5 Å². The third-order valence-corrected chi connectivity index (χ3v) is 5.17. The highest BCUT2D eigenvalue weighted by Gasteiger charge is 2.44. The molecule has 0 bridgehead atoms. The van der Waals surface area contributed by atoms with Gasteiger partial charge in [0.05, 0.1) is 11.6 Å². The van der Waals surface area contributed by atoms with E-state index in [1.165, 1.54) is 4.90 Å². The fourth-order valence-corrected chi connectivity index (χ4v) is 3.76. The van der Waals surface area contributed by atoms with Gasteiger partial charge in [0, 0.05) is 23.2 Å². The molecule has 2 aromatic carbocycles. The van der Waals surface area contributed by atoms with Crippen LogP contribution in [0.5, 0.6) is 11.5 Å². The second-order valence-electron chi connectivity index (χ2n) is 7.45. The Kier molecular flexibility index (Phi) is 4.96. The molecule has 0 saturated carbocycles. The summed E-state index contributed by atoms with van der Waals surface area (Å²) < 4.78 is 10.8. The lowest BCUT2D eigenvalue weighted by atomic mass is 9.92. The van der Waals surface area contributed by atoms with Gasteiger partial charge in [-0.15, -0.1) is 0 Å². The van der Waals surface area contributed by atoms with Crippen LogP contribution in [0, 0.1) is 5.92 Å². The number of ketones is 1. The van der Waals surface area contributed by atoms with Crippen LogP contribution >= 0.6 is 11.6 Å². The van der Waals surface area contributed by atoms with E-state index in [1.807, 2.05) is 13.8 Å².